The number of fused-ring (bicyclic) bond motifs is 2. The number of carboxylic acid groups (broad SMARTS) is 1. The maximum Gasteiger partial charge on any atom is 0.325 e. The van der Waals surface area contributed by atoms with E-state index < -0.39 is 18.2 Å². The van der Waals surface area contributed by atoms with Crippen molar-refractivity contribution in [3.8, 4) is 0 Å². The van der Waals surface area contributed by atoms with Crippen molar-refractivity contribution in [1.82, 2.24) is 19.7 Å². The van der Waals surface area contributed by atoms with Crippen molar-refractivity contribution < 1.29 is 19.0 Å². The molecule has 1 saturated heterocycles. The van der Waals surface area contributed by atoms with E-state index >= 15 is 4.39 Å². The Hall–Kier alpha value is -3.04. The van der Waals surface area contributed by atoms with Crippen LogP contribution < -0.4 is 5.32 Å². The van der Waals surface area contributed by atoms with Crippen molar-refractivity contribution in [1.29, 1.82) is 0 Å². The number of alkyl halides is 1. The minimum absolute atomic E-state index is 0.147. The monoisotopic (exact) mass is 549 g/mol. The number of pyridine rings is 1. The lowest BCUT2D eigenvalue weighted by molar-refractivity contribution is -0.143. The fourth-order valence-corrected chi connectivity index (χ4v) is 6.78. The highest BCUT2D eigenvalue weighted by Crippen LogP contribution is 2.39. The van der Waals surface area contributed by atoms with E-state index in [-0.39, 0.29) is 18.1 Å². The summed E-state index contributed by atoms with van der Waals surface area (Å²) in [5.74, 6) is -0.0328. The zero-order valence-electron chi connectivity index (χ0n) is 23.3. The zero-order chi connectivity index (χ0) is 27.6. The number of halogens is 1. The summed E-state index contributed by atoms with van der Waals surface area (Å²) in [5, 5.41) is 19.3. The van der Waals surface area contributed by atoms with Gasteiger partial charge in [0.25, 0.3) is 0 Å². The van der Waals surface area contributed by atoms with E-state index in [2.05, 4.69) is 22.5 Å². The van der Waals surface area contributed by atoms with E-state index in [0.29, 0.717) is 25.9 Å². The van der Waals surface area contributed by atoms with E-state index in [9.17, 15) is 9.90 Å². The molecule has 40 heavy (non-hydrogen) atoms. The normalized spacial score (nSPS) is 24.3. The van der Waals surface area contributed by atoms with E-state index in [0.717, 1.165) is 79.5 Å². The number of hydrogen-bond acceptors (Lipinski definition) is 6. The smallest absolute Gasteiger partial charge is 0.325 e. The lowest BCUT2D eigenvalue weighted by atomic mass is 9.89. The van der Waals surface area contributed by atoms with Crippen molar-refractivity contribution in [2.45, 2.75) is 82.1 Å². The minimum atomic E-state index is -0.931. The largest absolute Gasteiger partial charge is 0.480 e. The molecule has 1 aliphatic carbocycles. The Labute approximate surface area is 234 Å². The third kappa shape index (κ3) is 5.46. The van der Waals surface area contributed by atoms with Crippen molar-refractivity contribution >= 4 is 22.7 Å². The van der Waals surface area contributed by atoms with Crippen LogP contribution in [0.25, 0.3) is 10.9 Å². The van der Waals surface area contributed by atoms with E-state index in [1.165, 1.54) is 5.56 Å². The number of carboxylic acids is 1. The Bertz CT molecular complexity index is 1340. The molecule has 2 N–H and O–H groups in total. The maximum absolute atomic E-state index is 15.4. The molecule has 3 aromatic rings. The quantitative estimate of drug-likeness (QED) is 0.312. The third-order valence-corrected chi connectivity index (χ3v) is 9.17. The molecule has 3 aliphatic rings. The molecule has 214 valence electrons. The molecular weight excluding hydrogens is 509 g/mol. The molecular formula is C31H40FN5O3. The van der Waals surface area contributed by atoms with Gasteiger partial charge in [-0.2, -0.15) is 5.10 Å². The second-order valence-corrected chi connectivity index (χ2v) is 11.7. The summed E-state index contributed by atoms with van der Waals surface area (Å²) < 4.78 is 22.8. The number of para-hydroxylation sites is 1. The molecule has 2 aliphatic heterocycles. The van der Waals surface area contributed by atoms with E-state index in [4.69, 9.17) is 9.72 Å². The van der Waals surface area contributed by atoms with Crippen LogP contribution in [0, 0.1) is 5.92 Å². The summed E-state index contributed by atoms with van der Waals surface area (Å²) in [5.41, 5.74) is 3.97. The molecule has 3 atom stereocenters. The van der Waals surface area contributed by atoms with Gasteiger partial charge in [-0.25, -0.2) is 9.37 Å². The van der Waals surface area contributed by atoms with Crippen LogP contribution in [0.15, 0.2) is 36.5 Å². The minimum Gasteiger partial charge on any atom is -0.480 e. The van der Waals surface area contributed by atoms with Crippen LogP contribution in [0.2, 0.25) is 0 Å². The van der Waals surface area contributed by atoms with Crippen LogP contribution in [-0.2, 0) is 22.4 Å². The number of nitrogens with one attached hydrogen (secondary N) is 1. The molecule has 4 heterocycles. The molecule has 1 saturated carbocycles. The van der Waals surface area contributed by atoms with Crippen LogP contribution >= 0.6 is 0 Å². The van der Waals surface area contributed by atoms with Crippen molar-refractivity contribution in [2.75, 3.05) is 32.1 Å². The number of hydrogen-bond donors (Lipinski definition) is 2. The van der Waals surface area contributed by atoms with Crippen LogP contribution in [0.4, 0.5) is 10.2 Å². The summed E-state index contributed by atoms with van der Waals surface area (Å²) >= 11 is 0. The van der Waals surface area contributed by atoms with Gasteiger partial charge in [0.2, 0.25) is 0 Å². The summed E-state index contributed by atoms with van der Waals surface area (Å²) in [6.45, 7) is 2.01. The van der Waals surface area contributed by atoms with Gasteiger partial charge >= 0.3 is 5.97 Å². The first-order chi connectivity index (χ1) is 19.5. The van der Waals surface area contributed by atoms with Gasteiger partial charge < -0.3 is 15.2 Å². The summed E-state index contributed by atoms with van der Waals surface area (Å²) in [7, 11) is 1.72. The van der Waals surface area contributed by atoms with Gasteiger partial charge in [0.15, 0.2) is 0 Å². The number of methoxy groups -OCH3 is 1. The third-order valence-electron chi connectivity index (χ3n) is 9.17. The van der Waals surface area contributed by atoms with Crippen LogP contribution in [0.5, 0.6) is 0 Å². The Morgan fingerprint density at radius 2 is 2.12 bits per heavy atom. The number of aromatic nitrogens is 3. The number of nitrogens with zero attached hydrogens (tertiary/aromatic N) is 4. The first-order valence-electron chi connectivity index (χ1n) is 14.8. The second kappa shape index (κ2) is 11.8. The number of rotatable bonds is 11. The molecule has 0 spiro atoms. The standard InChI is InChI=1S/C31H40FN5O3/c1-40-25-16-24(17-25)37-28-21(18-34-37)6-4-9-26(28)29(31(38)39)36-15-13-22(19-36)27(32)10-3-2-8-23-12-11-20-7-5-14-33-30(20)35-23/h4,6,9,11-12,18,22,24-25,27,29H,2-3,5,7-8,10,13-17,19H2,1H3,(H,33,35)(H,38,39)/t22?,24?,25?,27-,29-/m1/s1. The van der Waals surface area contributed by atoms with Gasteiger partial charge in [0.05, 0.1) is 23.9 Å². The van der Waals surface area contributed by atoms with Crippen molar-refractivity contribution in [2.24, 2.45) is 5.92 Å². The predicted octanol–water partition coefficient (Wildman–Crippen LogP) is 5.34. The zero-order valence-corrected chi connectivity index (χ0v) is 23.3. The Morgan fingerprint density at radius 1 is 1.25 bits per heavy atom. The summed E-state index contributed by atoms with van der Waals surface area (Å²) in [6, 6.07) is 9.43. The number of anilines is 1. The number of benzene rings is 1. The van der Waals surface area contributed by atoms with Crippen molar-refractivity contribution in [3.05, 3.63) is 53.3 Å². The number of aryl methyl sites for hydroxylation is 2. The van der Waals surface area contributed by atoms with E-state index in [1.807, 2.05) is 34.0 Å². The molecule has 6 rings (SSSR count). The van der Waals surface area contributed by atoms with Gasteiger partial charge in [-0.1, -0.05) is 30.7 Å². The number of unbranched alkanes of at least 4 members (excludes halogenated alkanes) is 1. The van der Waals surface area contributed by atoms with Gasteiger partial charge in [-0.05, 0) is 69.5 Å². The summed E-state index contributed by atoms with van der Waals surface area (Å²) in [4.78, 5) is 19.3. The average Bonchev–Trinajstić information content (AvgIpc) is 3.59. The number of likely N-dealkylation sites (tertiary alicyclic amines) is 1. The van der Waals surface area contributed by atoms with E-state index in [1.54, 1.807) is 7.11 Å². The molecule has 1 aromatic carbocycles. The first-order valence-corrected chi connectivity index (χ1v) is 14.8. The van der Waals surface area contributed by atoms with Crippen molar-refractivity contribution in [3.63, 3.8) is 0 Å². The van der Waals surface area contributed by atoms with Crippen LogP contribution in [-0.4, -0.2) is 69.8 Å². The second-order valence-electron chi connectivity index (χ2n) is 11.7. The highest BCUT2D eigenvalue weighted by Gasteiger charge is 2.39. The Kier molecular flexibility index (Phi) is 8.03. The van der Waals surface area contributed by atoms with Gasteiger partial charge in [0.1, 0.15) is 18.0 Å². The van der Waals surface area contributed by atoms with Crippen LogP contribution in [0.1, 0.15) is 73.9 Å². The highest BCUT2D eigenvalue weighted by atomic mass is 19.1. The lowest BCUT2D eigenvalue weighted by Gasteiger charge is -2.35. The molecule has 0 radical (unpaired) electrons. The maximum atomic E-state index is 15.4. The molecule has 9 heteroatoms. The Balaban J connectivity index is 1.07. The first kappa shape index (κ1) is 27.1. The van der Waals surface area contributed by atoms with Crippen LogP contribution in [0.3, 0.4) is 0 Å². The van der Waals surface area contributed by atoms with Gasteiger partial charge in [-0.3, -0.25) is 14.4 Å². The SMILES string of the molecule is COC1CC(n2ncc3cccc([C@H](C(=O)O)N4CCC([C@H](F)CCCCc5ccc6c(n5)NCCC6)C4)c32)C1. The van der Waals surface area contributed by atoms with Gasteiger partial charge in [0, 0.05) is 42.8 Å². The Morgan fingerprint density at radius 3 is 2.95 bits per heavy atom. The lowest BCUT2D eigenvalue weighted by Crippen LogP contribution is -2.35. The average molecular weight is 550 g/mol. The fraction of sp³-hybridized carbons (Fsp3) is 0.581. The fourth-order valence-electron chi connectivity index (χ4n) is 6.78. The molecule has 1 unspecified atom stereocenters. The topological polar surface area (TPSA) is 92.5 Å². The number of ether oxygens (including phenoxy) is 1. The molecule has 2 aromatic heterocycles. The number of aliphatic carboxylic acids is 1. The predicted molar refractivity (Wildman–Crippen MR) is 152 cm³/mol. The number of carbonyl (C=O) groups is 1. The van der Waals surface area contributed by atoms with Gasteiger partial charge in [-0.15, -0.1) is 0 Å². The highest BCUT2D eigenvalue weighted by molar-refractivity contribution is 5.88. The summed E-state index contributed by atoms with van der Waals surface area (Å²) in [6.07, 6.45) is 8.80. The molecule has 0 amide bonds. The molecule has 2 fully saturated rings. The molecule has 0 bridgehead atoms. The molecule has 8 nitrogen and oxygen atoms in total.